The molecule has 0 bridgehead atoms. The van der Waals surface area contributed by atoms with E-state index in [2.05, 4.69) is 22.2 Å². The summed E-state index contributed by atoms with van der Waals surface area (Å²) in [4.78, 5) is 2.39. The van der Waals surface area contributed by atoms with E-state index in [1.54, 1.807) is 6.07 Å². The van der Waals surface area contributed by atoms with Crippen LogP contribution in [0, 0.1) is 0 Å². The Hall–Kier alpha value is -1.85. The fourth-order valence-electron chi connectivity index (χ4n) is 2.22. The van der Waals surface area contributed by atoms with E-state index in [0.717, 1.165) is 38.4 Å². The molecule has 0 spiro atoms. The molecular formula is C14H17N3O2. The number of rotatable bonds is 3. The summed E-state index contributed by atoms with van der Waals surface area (Å²) in [5, 5.41) is 3.69. The molecule has 1 aromatic heterocycles. The van der Waals surface area contributed by atoms with Crippen molar-refractivity contribution in [2.45, 2.75) is 6.54 Å². The van der Waals surface area contributed by atoms with Gasteiger partial charge in [0, 0.05) is 31.3 Å². The van der Waals surface area contributed by atoms with E-state index in [1.807, 2.05) is 12.1 Å². The Bertz CT molecular complexity index is 530. The molecule has 0 amide bonds. The van der Waals surface area contributed by atoms with E-state index in [1.165, 1.54) is 5.56 Å². The van der Waals surface area contributed by atoms with Gasteiger partial charge in [0.25, 0.3) is 0 Å². The minimum absolute atomic E-state index is 0.410. The number of benzene rings is 1. The number of nitrogens with zero attached hydrogens (tertiary/aromatic N) is 2. The van der Waals surface area contributed by atoms with E-state index >= 15 is 0 Å². The molecule has 5 nitrogen and oxygen atoms in total. The maximum absolute atomic E-state index is 5.55. The van der Waals surface area contributed by atoms with Crippen LogP contribution >= 0.6 is 0 Å². The zero-order valence-electron chi connectivity index (χ0n) is 10.7. The normalized spacial score (nSPS) is 16.6. The van der Waals surface area contributed by atoms with Crippen molar-refractivity contribution in [3.63, 3.8) is 0 Å². The van der Waals surface area contributed by atoms with Crippen LogP contribution in [0.4, 0.5) is 5.82 Å². The van der Waals surface area contributed by atoms with Crippen LogP contribution in [0.1, 0.15) is 5.56 Å². The first-order chi connectivity index (χ1) is 9.31. The Morgan fingerprint density at radius 2 is 1.89 bits per heavy atom. The maximum Gasteiger partial charge on any atom is 0.169 e. The largest absolute Gasteiger partial charge is 0.381 e. The maximum atomic E-state index is 5.55. The number of ether oxygens (including phenoxy) is 1. The SMILES string of the molecule is Nc1cc(-c2ccc(CN3CCOCC3)cc2)on1. The molecule has 1 aliphatic heterocycles. The third kappa shape index (κ3) is 2.94. The molecule has 1 aromatic carbocycles. The van der Waals surface area contributed by atoms with Gasteiger partial charge < -0.3 is 15.0 Å². The first kappa shape index (κ1) is 12.2. The summed E-state index contributed by atoms with van der Waals surface area (Å²) in [7, 11) is 0. The summed E-state index contributed by atoms with van der Waals surface area (Å²) < 4.78 is 10.5. The van der Waals surface area contributed by atoms with Gasteiger partial charge in [-0.05, 0) is 5.56 Å². The minimum atomic E-state index is 0.410. The van der Waals surface area contributed by atoms with Gasteiger partial charge in [-0.2, -0.15) is 0 Å². The predicted molar refractivity (Wildman–Crippen MR) is 72.4 cm³/mol. The number of nitrogens with two attached hydrogens (primary N) is 1. The summed E-state index contributed by atoms with van der Waals surface area (Å²) >= 11 is 0. The van der Waals surface area contributed by atoms with Gasteiger partial charge in [0.1, 0.15) is 0 Å². The van der Waals surface area contributed by atoms with Crippen molar-refractivity contribution in [1.82, 2.24) is 10.1 Å². The van der Waals surface area contributed by atoms with Crippen LogP contribution < -0.4 is 5.73 Å². The molecular weight excluding hydrogens is 242 g/mol. The quantitative estimate of drug-likeness (QED) is 0.909. The Labute approximate surface area is 111 Å². The number of aromatic nitrogens is 1. The number of morpholine rings is 1. The predicted octanol–water partition coefficient (Wildman–Crippen LogP) is 1.76. The molecule has 1 fully saturated rings. The summed E-state index contributed by atoms with van der Waals surface area (Å²) in [6, 6.07) is 10.0. The summed E-state index contributed by atoms with van der Waals surface area (Å²) in [6.45, 7) is 4.62. The highest BCUT2D eigenvalue weighted by Gasteiger charge is 2.11. The molecule has 0 radical (unpaired) electrons. The van der Waals surface area contributed by atoms with Gasteiger partial charge >= 0.3 is 0 Å². The minimum Gasteiger partial charge on any atom is -0.381 e. The van der Waals surface area contributed by atoms with Gasteiger partial charge in [0.2, 0.25) is 0 Å². The van der Waals surface area contributed by atoms with Gasteiger partial charge in [-0.15, -0.1) is 0 Å². The van der Waals surface area contributed by atoms with Crippen molar-refractivity contribution >= 4 is 5.82 Å². The van der Waals surface area contributed by atoms with Crippen molar-refractivity contribution in [1.29, 1.82) is 0 Å². The Morgan fingerprint density at radius 3 is 2.53 bits per heavy atom. The zero-order chi connectivity index (χ0) is 13.1. The summed E-state index contributed by atoms with van der Waals surface area (Å²) in [5.74, 6) is 1.11. The molecule has 0 aliphatic carbocycles. The first-order valence-electron chi connectivity index (χ1n) is 6.43. The lowest BCUT2D eigenvalue weighted by Crippen LogP contribution is -2.35. The highest BCUT2D eigenvalue weighted by atomic mass is 16.5. The molecule has 0 atom stereocenters. The lowest BCUT2D eigenvalue weighted by Gasteiger charge is -2.26. The Morgan fingerprint density at radius 1 is 1.16 bits per heavy atom. The second-order valence-corrected chi connectivity index (χ2v) is 4.70. The second kappa shape index (κ2) is 5.42. The van der Waals surface area contributed by atoms with Crippen molar-refractivity contribution in [3.05, 3.63) is 35.9 Å². The Balaban J connectivity index is 1.68. The standard InChI is InChI=1S/C14H17N3O2/c15-14-9-13(19-16-14)12-3-1-11(2-4-12)10-17-5-7-18-8-6-17/h1-4,9H,5-8,10H2,(H2,15,16). The molecule has 2 heterocycles. The van der Waals surface area contributed by atoms with Crippen LogP contribution in [0.3, 0.4) is 0 Å². The molecule has 0 saturated carbocycles. The molecule has 0 unspecified atom stereocenters. The molecule has 1 aliphatic rings. The van der Waals surface area contributed by atoms with Crippen LogP contribution in [0.15, 0.2) is 34.9 Å². The fourth-order valence-corrected chi connectivity index (χ4v) is 2.22. The van der Waals surface area contributed by atoms with Gasteiger partial charge in [0.05, 0.1) is 13.2 Å². The van der Waals surface area contributed by atoms with Crippen molar-refractivity contribution in [2.75, 3.05) is 32.0 Å². The Kier molecular flexibility index (Phi) is 3.48. The molecule has 2 aromatic rings. The number of anilines is 1. The molecule has 2 N–H and O–H groups in total. The lowest BCUT2D eigenvalue weighted by molar-refractivity contribution is 0.0342. The van der Waals surface area contributed by atoms with Gasteiger partial charge in [-0.3, -0.25) is 4.90 Å². The molecule has 1 saturated heterocycles. The second-order valence-electron chi connectivity index (χ2n) is 4.70. The molecule has 5 heteroatoms. The smallest absolute Gasteiger partial charge is 0.169 e. The van der Waals surface area contributed by atoms with Crippen LogP contribution in [0.2, 0.25) is 0 Å². The van der Waals surface area contributed by atoms with Crippen LogP contribution in [-0.4, -0.2) is 36.4 Å². The number of hydrogen-bond acceptors (Lipinski definition) is 5. The summed E-state index contributed by atoms with van der Waals surface area (Å²) in [6.07, 6.45) is 0. The molecule has 19 heavy (non-hydrogen) atoms. The number of nitrogen functional groups attached to an aromatic ring is 1. The highest BCUT2D eigenvalue weighted by Crippen LogP contribution is 2.22. The monoisotopic (exact) mass is 259 g/mol. The first-order valence-corrected chi connectivity index (χ1v) is 6.43. The molecule has 100 valence electrons. The van der Waals surface area contributed by atoms with Gasteiger partial charge in [-0.25, -0.2) is 0 Å². The van der Waals surface area contributed by atoms with E-state index < -0.39 is 0 Å². The van der Waals surface area contributed by atoms with Gasteiger partial charge in [0.15, 0.2) is 11.6 Å². The van der Waals surface area contributed by atoms with Crippen LogP contribution in [0.5, 0.6) is 0 Å². The third-order valence-corrected chi connectivity index (χ3v) is 3.28. The topological polar surface area (TPSA) is 64.5 Å². The van der Waals surface area contributed by atoms with Gasteiger partial charge in [-0.1, -0.05) is 29.4 Å². The molecule has 3 rings (SSSR count). The highest BCUT2D eigenvalue weighted by molar-refractivity contribution is 5.60. The van der Waals surface area contributed by atoms with E-state index in [4.69, 9.17) is 15.0 Å². The van der Waals surface area contributed by atoms with E-state index in [-0.39, 0.29) is 0 Å². The summed E-state index contributed by atoms with van der Waals surface area (Å²) in [5.41, 5.74) is 7.83. The number of hydrogen-bond donors (Lipinski definition) is 1. The third-order valence-electron chi connectivity index (χ3n) is 3.28. The average Bonchev–Trinajstić information content (AvgIpc) is 2.87. The fraction of sp³-hybridized carbons (Fsp3) is 0.357. The van der Waals surface area contributed by atoms with Crippen LogP contribution in [-0.2, 0) is 11.3 Å². The van der Waals surface area contributed by atoms with E-state index in [9.17, 15) is 0 Å². The lowest BCUT2D eigenvalue weighted by atomic mass is 10.1. The average molecular weight is 259 g/mol. The van der Waals surface area contributed by atoms with Crippen molar-refractivity contribution in [3.8, 4) is 11.3 Å². The van der Waals surface area contributed by atoms with Crippen molar-refractivity contribution < 1.29 is 9.26 Å². The van der Waals surface area contributed by atoms with Crippen LogP contribution in [0.25, 0.3) is 11.3 Å². The van der Waals surface area contributed by atoms with E-state index in [0.29, 0.717) is 11.6 Å². The zero-order valence-corrected chi connectivity index (χ0v) is 10.7. The van der Waals surface area contributed by atoms with Crippen molar-refractivity contribution in [2.24, 2.45) is 0 Å².